The SMILES string of the molecule is C=CCN1C(=O)/C(=C/c2cccc(OCC)c2)SC1=S. The van der Waals surface area contributed by atoms with Gasteiger partial charge in [0.15, 0.2) is 0 Å². The van der Waals surface area contributed by atoms with Crippen LogP contribution in [0, 0.1) is 0 Å². The van der Waals surface area contributed by atoms with E-state index in [0.29, 0.717) is 22.4 Å². The second kappa shape index (κ2) is 6.72. The number of hydrogen-bond acceptors (Lipinski definition) is 4. The van der Waals surface area contributed by atoms with Gasteiger partial charge in [-0.15, -0.1) is 6.58 Å². The number of carbonyl (C=O) groups is 1. The standard InChI is InChI=1S/C15H15NO2S2/c1-3-8-16-14(17)13(20-15(16)19)10-11-6-5-7-12(9-11)18-4-2/h3,5-7,9-10H,1,4,8H2,2H3/b13-10-. The van der Waals surface area contributed by atoms with E-state index < -0.39 is 0 Å². The van der Waals surface area contributed by atoms with E-state index in [2.05, 4.69) is 6.58 Å². The molecule has 1 aromatic carbocycles. The molecule has 5 heteroatoms. The summed E-state index contributed by atoms with van der Waals surface area (Å²) in [6, 6.07) is 7.64. The Kier molecular flexibility index (Phi) is 4.98. The number of ether oxygens (including phenoxy) is 1. The third-order valence-electron chi connectivity index (χ3n) is 2.65. The third kappa shape index (κ3) is 3.29. The Balaban J connectivity index is 2.23. The Bertz CT molecular complexity index is 581. The predicted molar refractivity (Wildman–Crippen MR) is 87.7 cm³/mol. The van der Waals surface area contributed by atoms with Gasteiger partial charge in [0, 0.05) is 6.54 Å². The molecule has 0 radical (unpaired) electrons. The highest BCUT2D eigenvalue weighted by Gasteiger charge is 2.30. The first-order valence-electron chi connectivity index (χ1n) is 6.25. The lowest BCUT2D eigenvalue weighted by Gasteiger charge is -2.10. The van der Waals surface area contributed by atoms with Gasteiger partial charge in [-0.25, -0.2) is 0 Å². The van der Waals surface area contributed by atoms with E-state index in [4.69, 9.17) is 17.0 Å². The molecule has 1 amide bonds. The zero-order chi connectivity index (χ0) is 14.5. The number of carbonyl (C=O) groups excluding carboxylic acids is 1. The summed E-state index contributed by atoms with van der Waals surface area (Å²) in [6.45, 7) is 6.63. The lowest BCUT2D eigenvalue weighted by Crippen LogP contribution is -2.27. The summed E-state index contributed by atoms with van der Waals surface area (Å²) in [4.78, 5) is 14.4. The number of thioether (sulfide) groups is 1. The van der Waals surface area contributed by atoms with Crippen molar-refractivity contribution in [1.82, 2.24) is 4.90 Å². The van der Waals surface area contributed by atoms with Gasteiger partial charge in [-0.1, -0.05) is 42.2 Å². The topological polar surface area (TPSA) is 29.5 Å². The van der Waals surface area contributed by atoms with Gasteiger partial charge in [0.1, 0.15) is 10.1 Å². The summed E-state index contributed by atoms with van der Waals surface area (Å²) in [6.07, 6.45) is 3.51. The number of amides is 1. The number of benzene rings is 1. The summed E-state index contributed by atoms with van der Waals surface area (Å²) in [5.41, 5.74) is 0.926. The van der Waals surface area contributed by atoms with Crippen LogP contribution < -0.4 is 4.74 Å². The zero-order valence-electron chi connectivity index (χ0n) is 11.2. The molecule has 20 heavy (non-hydrogen) atoms. The Hall–Kier alpha value is -1.59. The van der Waals surface area contributed by atoms with Crippen molar-refractivity contribution in [3.63, 3.8) is 0 Å². The first-order valence-corrected chi connectivity index (χ1v) is 7.47. The zero-order valence-corrected chi connectivity index (χ0v) is 12.8. The lowest BCUT2D eigenvalue weighted by molar-refractivity contribution is -0.121. The number of hydrogen-bond donors (Lipinski definition) is 0. The predicted octanol–water partition coefficient (Wildman–Crippen LogP) is 3.47. The van der Waals surface area contributed by atoms with Crippen LogP contribution in [-0.4, -0.2) is 28.3 Å². The van der Waals surface area contributed by atoms with Gasteiger partial charge in [0.2, 0.25) is 0 Å². The highest BCUT2D eigenvalue weighted by atomic mass is 32.2. The van der Waals surface area contributed by atoms with Crippen molar-refractivity contribution in [1.29, 1.82) is 0 Å². The minimum Gasteiger partial charge on any atom is -0.494 e. The molecule has 1 aromatic rings. The summed E-state index contributed by atoms with van der Waals surface area (Å²) < 4.78 is 6.02. The average molecular weight is 305 g/mol. The minimum absolute atomic E-state index is 0.0679. The van der Waals surface area contributed by atoms with Crippen LogP contribution in [0.25, 0.3) is 6.08 Å². The van der Waals surface area contributed by atoms with E-state index in [0.717, 1.165) is 11.3 Å². The molecular weight excluding hydrogens is 290 g/mol. The monoisotopic (exact) mass is 305 g/mol. The molecule has 0 atom stereocenters. The molecular formula is C15H15NO2S2. The summed E-state index contributed by atoms with van der Waals surface area (Å²) >= 11 is 6.51. The number of nitrogens with zero attached hydrogens (tertiary/aromatic N) is 1. The smallest absolute Gasteiger partial charge is 0.266 e. The lowest BCUT2D eigenvalue weighted by atomic mass is 10.2. The fourth-order valence-corrected chi connectivity index (χ4v) is 3.07. The average Bonchev–Trinajstić information content (AvgIpc) is 2.68. The molecule has 2 rings (SSSR count). The Morgan fingerprint density at radius 1 is 1.50 bits per heavy atom. The van der Waals surface area contributed by atoms with Gasteiger partial charge in [-0.2, -0.15) is 0 Å². The molecule has 0 saturated carbocycles. The van der Waals surface area contributed by atoms with Gasteiger partial charge >= 0.3 is 0 Å². The maximum atomic E-state index is 12.2. The van der Waals surface area contributed by atoms with Gasteiger partial charge < -0.3 is 4.74 Å². The summed E-state index contributed by atoms with van der Waals surface area (Å²) in [5, 5.41) is 0. The van der Waals surface area contributed by atoms with Crippen molar-refractivity contribution in [2.45, 2.75) is 6.92 Å². The second-order valence-electron chi connectivity index (χ2n) is 4.09. The largest absolute Gasteiger partial charge is 0.494 e. The normalized spacial score (nSPS) is 16.9. The van der Waals surface area contributed by atoms with Crippen molar-refractivity contribution >= 4 is 40.3 Å². The second-order valence-corrected chi connectivity index (χ2v) is 5.76. The highest BCUT2D eigenvalue weighted by molar-refractivity contribution is 8.26. The van der Waals surface area contributed by atoms with Crippen molar-refractivity contribution < 1.29 is 9.53 Å². The maximum Gasteiger partial charge on any atom is 0.266 e. The van der Waals surface area contributed by atoms with Crippen LogP contribution in [0.3, 0.4) is 0 Å². The molecule has 0 spiro atoms. The van der Waals surface area contributed by atoms with Crippen LogP contribution in [0.2, 0.25) is 0 Å². The van der Waals surface area contributed by atoms with Crippen molar-refractivity contribution in [3.05, 3.63) is 47.4 Å². The van der Waals surface area contributed by atoms with Gasteiger partial charge in [0.25, 0.3) is 5.91 Å². The Morgan fingerprint density at radius 3 is 3.00 bits per heavy atom. The van der Waals surface area contributed by atoms with Crippen LogP contribution in [0.5, 0.6) is 5.75 Å². The third-order valence-corrected chi connectivity index (χ3v) is 4.03. The molecule has 0 aliphatic carbocycles. The quantitative estimate of drug-likeness (QED) is 0.473. The number of thiocarbonyl (C=S) groups is 1. The minimum atomic E-state index is -0.0679. The molecule has 0 unspecified atom stereocenters. The van der Waals surface area contributed by atoms with E-state index in [1.165, 1.54) is 11.8 Å². The summed E-state index contributed by atoms with van der Waals surface area (Å²) in [7, 11) is 0. The van der Waals surface area contributed by atoms with Crippen LogP contribution in [0.15, 0.2) is 41.8 Å². The molecule has 1 aliphatic rings. The molecule has 104 valence electrons. The number of rotatable bonds is 5. The van der Waals surface area contributed by atoms with Gasteiger partial charge in [0.05, 0.1) is 11.5 Å². The van der Waals surface area contributed by atoms with Crippen LogP contribution in [-0.2, 0) is 4.79 Å². The first kappa shape index (κ1) is 14.8. The van der Waals surface area contributed by atoms with Crippen molar-refractivity contribution in [3.8, 4) is 5.75 Å². The Morgan fingerprint density at radius 2 is 2.30 bits per heavy atom. The van der Waals surface area contributed by atoms with E-state index in [-0.39, 0.29) is 5.91 Å². The molecule has 0 bridgehead atoms. The van der Waals surface area contributed by atoms with Crippen LogP contribution >= 0.6 is 24.0 Å². The van der Waals surface area contributed by atoms with Crippen molar-refractivity contribution in [2.75, 3.05) is 13.2 Å². The maximum absolute atomic E-state index is 12.2. The van der Waals surface area contributed by atoms with Crippen LogP contribution in [0.1, 0.15) is 12.5 Å². The highest BCUT2D eigenvalue weighted by Crippen LogP contribution is 2.32. The molecule has 1 heterocycles. The van der Waals surface area contributed by atoms with Crippen LogP contribution in [0.4, 0.5) is 0 Å². The molecule has 0 N–H and O–H groups in total. The van der Waals surface area contributed by atoms with Crippen molar-refractivity contribution in [2.24, 2.45) is 0 Å². The molecule has 3 nitrogen and oxygen atoms in total. The molecule has 1 fully saturated rings. The fraction of sp³-hybridized carbons (Fsp3) is 0.200. The molecule has 0 aromatic heterocycles. The van der Waals surface area contributed by atoms with E-state index in [9.17, 15) is 4.79 Å². The Labute approximate surface area is 128 Å². The fourth-order valence-electron chi connectivity index (χ4n) is 1.80. The summed E-state index contributed by atoms with van der Waals surface area (Å²) in [5.74, 6) is 0.726. The van der Waals surface area contributed by atoms with E-state index >= 15 is 0 Å². The first-order chi connectivity index (χ1) is 9.65. The van der Waals surface area contributed by atoms with Gasteiger partial charge in [-0.3, -0.25) is 9.69 Å². The molecule has 1 saturated heterocycles. The van der Waals surface area contributed by atoms with Gasteiger partial charge in [-0.05, 0) is 30.7 Å². The molecule has 1 aliphatic heterocycles. The van der Waals surface area contributed by atoms with E-state index in [1.807, 2.05) is 37.3 Å². The van der Waals surface area contributed by atoms with E-state index in [1.54, 1.807) is 11.0 Å².